The molecule has 1 unspecified atom stereocenters. The Morgan fingerprint density at radius 1 is 1.00 bits per heavy atom. The van der Waals surface area contributed by atoms with Crippen LogP contribution in [0.1, 0.15) is 69.7 Å². The quantitative estimate of drug-likeness (QED) is 0.308. The summed E-state index contributed by atoms with van der Waals surface area (Å²) in [5.41, 5.74) is 4.06. The van der Waals surface area contributed by atoms with Crippen molar-refractivity contribution in [1.82, 2.24) is 15.5 Å². The van der Waals surface area contributed by atoms with Gasteiger partial charge < -0.3 is 20.6 Å². The number of aliphatic hydroxyl groups excluding tert-OH is 1. The summed E-state index contributed by atoms with van der Waals surface area (Å²) < 4.78 is 27.9. The molecule has 0 spiro atoms. The van der Waals surface area contributed by atoms with Crippen LogP contribution < -0.4 is 10.6 Å². The molecule has 6 nitrogen and oxygen atoms in total. The van der Waals surface area contributed by atoms with Crippen LogP contribution in [-0.4, -0.2) is 53.1 Å². The number of rotatable bonds is 11. The minimum Gasteiger partial charge on any atom is -0.390 e. The van der Waals surface area contributed by atoms with E-state index in [1.54, 1.807) is 18.2 Å². The van der Waals surface area contributed by atoms with E-state index in [0.717, 1.165) is 36.5 Å². The van der Waals surface area contributed by atoms with Gasteiger partial charge in [-0.2, -0.15) is 0 Å². The van der Waals surface area contributed by atoms with Crippen molar-refractivity contribution in [1.29, 1.82) is 0 Å². The molecule has 3 atom stereocenters. The lowest BCUT2D eigenvalue weighted by Crippen LogP contribution is -2.48. The number of benzene rings is 3. The van der Waals surface area contributed by atoms with Crippen LogP contribution in [0.2, 0.25) is 0 Å². The summed E-state index contributed by atoms with van der Waals surface area (Å²) in [6.07, 6.45) is 1.76. The average Bonchev–Trinajstić information content (AvgIpc) is 3.37. The maximum Gasteiger partial charge on any atom is 0.254 e. The van der Waals surface area contributed by atoms with Gasteiger partial charge in [-0.3, -0.25) is 9.59 Å². The molecule has 3 aromatic carbocycles. The predicted octanol–water partition coefficient (Wildman–Crippen LogP) is 4.95. The molecule has 4 rings (SSSR count). The first-order valence-corrected chi connectivity index (χ1v) is 14.3. The number of nitrogens with one attached hydrogen (secondary N) is 2. The van der Waals surface area contributed by atoms with Gasteiger partial charge in [0.05, 0.1) is 12.1 Å². The van der Waals surface area contributed by atoms with Gasteiger partial charge in [-0.05, 0) is 92.1 Å². The lowest BCUT2D eigenvalue weighted by atomic mass is 9.99. The Bertz CT molecular complexity index is 1360. The first-order chi connectivity index (χ1) is 19.6. The second-order valence-electron chi connectivity index (χ2n) is 11.0. The van der Waals surface area contributed by atoms with Crippen molar-refractivity contribution in [2.45, 2.75) is 71.2 Å². The lowest BCUT2D eigenvalue weighted by molar-refractivity contribution is 0.0747. The Labute approximate surface area is 240 Å². The van der Waals surface area contributed by atoms with Crippen LogP contribution in [0.3, 0.4) is 0 Å². The highest BCUT2D eigenvalue weighted by Gasteiger charge is 2.28. The summed E-state index contributed by atoms with van der Waals surface area (Å²) >= 11 is 0. The molecule has 8 heteroatoms. The fourth-order valence-electron chi connectivity index (χ4n) is 5.42. The normalized spacial score (nSPS) is 16.4. The summed E-state index contributed by atoms with van der Waals surface area (Å²) in [6, 6.07) is 15.6. The van der Waals surface area contributed by atoms with Crippen molar-refractivity contribution in [3.63, 3.8) is 0 Å². The molecule has 0 aromatic heterocycles. The maximum absolute atomic E-state index is 13.9. The van der Waals surface area contributed by atoms with Crippen LogP contribution in [0.15, 0.2) is 60.7 Å². The third kappa shape index (κ3) is 8.21. The van der Waals surface area contributed by atoms with E-state index in [-0.39, 0.29) is 30.5 Å². The first kappa shape index (κ1) is 30.3. The monoisotopic (exact) mass is 563 g/mol. The molecule has 0 radical (unpaired) electrons. The number of carbonyl (C=O) groups excluding carboxylic acids is 2. The molecule has 218 valence electrons. The Morgan fingerprint density at radius 3 is 2.39 bits per heavy atom. The molecule has 1 aliphatic heterocycles. The van der Waals surface area contributed by atoms with Gasteiger partial charge in [-0.1, -0.05) is 31.2 Å². The van der Waals surface area contributed by atoms with Crippen LogP contribution in [0, 0.1) is 18.6 Å². The highest BCUT2D eigenvalue weighted by atomic mass is 19.1. The summed E-state index contributed by atoms with van der Waals surface area (Å²) in [6.45, 7) is 7.26. The molecular formula is C33H39F2N3O3. The number of amides is 2. The van der Waals surface area contributed by atoms with Crippen LogP contribution in [0.4, 0.5) is 8.78 Å². The van der Waals surface area contributed by atoms with Crippen molar-refractivity contribution in [2.75, 3.05) is 13.1 Å². The minimum atomic E-state index is -1.06. The first-order valence-electron chi connectivity index (χ1n) is 14.3. The van der Waals surface area contributed by atoms with E-state index < -0.39 is 29.7 Å². The highest BCUT2D eigenvalue weighted by molar-refractivity contribution is 6.00. The molecule has 41 heavy (non-hydrogen) atoms. The third-order valence-electron chi connectivity index (χ3n) is 7.64. The maximum atomic E-state index is 13.9. The number of hydrogen-bond donors (Lipinski definition) is 3. The Morgan fingerprint density at radius 2 is 1.71 bits per heavy atom. The SMILES string of the molecule is CCc1cccc(CNC[C@@H](O)[C@H](Cc2cc(F)cc(F)c2)NC(=O)c2cc(C)cc(C(=O)N3CCCC3C)c2)c1. The third-order valence-corrected chi connectivity index (χ3v) is 7.64. The molecule has 2 amide bonds. The minimum absolute atomic E-state index is 0.0114. The Hall–Kier alpha value is -3.62. The van der Waals surface area contributed by atoms with Gasteiger partial charge >= 0.3 is 0 Å². The molecule has 0 saturated carbocycles. The van der Waals surface area contributed by atoms with Gasteiger partial charge in [0.1, 0.15) is 11.6 Å². The van der Waals surface area contributed by atoms with E-state index in [0.29, 0.717) is 24.2 Å². The zero-order valence-corrected chi connectivity index (χ0v) is 23.9. The molecule has 3 aromatic rings. The van der Waals surface area contributed by atoms with E-state index in [4.69, 9.17) is 0 Å². The second-order valence-corrected chi connectivity index (χ2v) is 11.0. The van der Waals surface area contributed by atoms with Crippen LogP contribution in [0.25, 0.3) is 0 Å². The molecule has 1 heterocycles. The summed E-state index contributed by atoms with van der Waals surface area (Å²) in [4.78, 5) is 28.4. The molecular weight excluding hydrogens is 524 g/mol. The molecule has 1 fully saturated rings. The molecule has 1 aliphatic rings. The Kier molecular flexibility index (Phi) is 10.2. The molecule has 3 N–H and O–H groups in total. The zero-order valence-electron chi connectivity index (χ0n) is 23.9. The summed E-state index contributed by atoms with van der Waals surface area (Å²) in [7, 11) is 0. The van der Waals surface area contributed by atoms with E-state index in [1.165, 1.54) is 17.7 Å². The van der Waals surface area contributed by atoms with E-state index in [1.807, 2.05) is 30.9 Å². The van der Waals surface area contributed by atoms with E-state index in [9.17, 15) is 23.5 Å². The summed E-state index contributed by atoms with van der Waals surface area (Å²) in [5, 5.41) is 17.2. The number of carbonyl (C=O) groups is 2. The van der Waals surface area contributed by atoms with Gasteiger partial charge in [0, 0.05) is 42.9 Å². The number of nitrogens with zero attached hydrogens (tertiary/aromatic N) is 1. The lowest BCUT2D eigenvalue weighted by Gasteiger charge is -2.25. The molecule has 0 bridgehead atoms. The number of hydrogen-bond acceptors (Lipinski definition) is 4. The zero-order chi connectivity index (χ0) is 29.5. The van der Waals surface area contributed by atoms with Crippen LogP contribution >= 0.6 is 0 Å². The van der Waals surface area contributed by atoms with Crippen LogP contribution in [0.5, 0.6) is 0 Å². The van der Waals surface area contributed by atoms with E-state index >= 15 is 0 Å². The standard InChI is InChI=1S/C33H39F2N3O3/c1-4-23-8-5-9-24(13-23)19-36-20-31(39)30(16-25-14-28(34)18-29(35)15-25)37-32(40)26-11-21(2)12-27(17-26)33(41)38-10-6-7-22(38)3/h5,8-9,11-15,17-18,22,30-31,36,39H,4,6-7,10,16,19-20H2,1-3H3,(H,37,40)/t22?,30-,31+/m0/s1. The van der Waals surface area contributed by atoms with E-state index in [2.05, 4.69) is 29.7 Å². The van der Waals surface area contributed by atoms with Crippen molar-refractivity contribution >= 4 is 11.8 Å². The number of aryl methyl sites for hydroxylation is 2. The Balaban J connectivity index is 1.51. The largest absolute Gasteiger partial charge is 0.390 e. The number of aliphatic hydroxyl groups is 1. The van der Waals surface area contributed by atoms with Crippen molar-refractivity contribution in [2.24, 2.45) is 0 Å². The van der Waals surface area contributed by atoms with Crippen LogP contribution in [-0.2, 0) is 19.4 Å². The molecule has 0 aliphatic carbocycles. The van der Waals surface area contributed by atoms with Gasteiger partial charge in [0.2, 0.25) is 0 Å². The number of halogens is 2. The summed E-state index contributed by atoms with van der Waals surface area (Å²) in [5.74, 6) is -2.05. The topological polar surface area (TPSA) is 81.7 Å². The van der Waals surface area contributed by atoms with Crippen molar-refractivity contribution in [3.8, 4) is 0 Å². The van der Waals surface area contributed by atoms with Gasteiger partial charge in [-0.15, -0.1) is 0 Å². The molecule has 1 saturated heterocycles. The van der Waals surface area contributed by atoms with Gasteiger partial charge in [0.15, 0.2) is 0 Å². The van der Waals surface area contributed by atoms with Gasteiger partial charge in [-0.25, -0.2) is 8.78 Å². The van der Waals surface area contributed by atoms with Gasteiger partial charge in [0.25, 0.3) is 11.8 Å². The van der Waals surface area contributed by atoms with Crippen molar-refractivity contribution in [3.05, 3.63) is 106 Å². The average molecular weight is 564 g/mol. The predicted molar refractivity (Wildman–Crippen MR) is 156 cm³/mol. The van der Waals surface area contributed by atoms with Crippen molar-refractivity contribution < 1.29 is 23.5 Å². The number of likely N-dealkylation sites (tertiary alicyclic amines) is 1. The highest BCUT2D eigenvalue weighted by Crippen LogP contribution is 2.21. The fraction of sp³-hybridized carbons (Fsp3) is 0.394. The smallest absolute Gasteiger partial charge is 0.254 e. The second kappa shape index (κ2) is 13.8. The fourth-order valence-corrected chi connectivity index (χ4v) is 5.42.